The van der Waals surface area contributed by atoms with Gasteiger partial charge in [-0.05, 0) is 37.0 Å². The first-order valence-electron chi connectivity index (χ1n) is 5.88. The van der Waals surface area contributed by atoms with Gasteiger partial charge in [0, 0.05) is 24.2 Å². The van der Waals surface area contributed by atoms with E-state index in [0.29, 0.717) is 12.1 Å². The highest BCUT2D eigenvalue weighted by Gasteiger charge is 2.17. The van der Waals surface area contributed by atoms with Gasteiger partial charge in [0.15, 0.2) is 5.78 Å². The molecule has 2 aromatic heterocycles. The molecular formula is C14H11N3O. The minimum atomic E-state index is 0.190. The number of hydrogen-bond donors (Lipinski definition) is 0. The fraction of sp³-hybridized carbons (Fsp3) is 0.214. The number of carbonyl (C=O) groups excluding carboxylic acids is 1. The lowest BCUT2D eigenvalue weighted by Gasteiger charge is -2.12. The quantitative estimate of drug-likeness (QED) is 0.655. The van der Waals surface area contributed by atoms with Crippen LogP contribution < -0.4 is 0 Å². The molecule has 18 heavy (non-hydrogen) atoms. The maximum Gasteiger partial charge on any atom is 0.164 e. The zero-order chi connectivity index (χ0) is 12.4. The van der Waals surface area contributed by atoms with Crippen LogP contribution in [0.15, 0.2) is 30.6 Å². The van der Waals surface area contributed by atoms with Gasteiger partial charge in [-0.3, -0.25) is 4.79 Å². The van der Waals surface area contributed by atoms with Crippen LogP contribution in [0.1, 0.15) is 34.6 Å². The van der Waals surface area contributed by atoms with Gasteiger partial charge in [-0.2, -0.15) is 9.78 Å². The molecule has 0 saturated carbocycles. The van der Waals surface area contributed by atoms with E-state index in [1.165, 1.54) is 4.68 Å². The van der Waals surface area contributed by atoms with Crippen molar-refractivity contribution in [1.82, 2.24) is 14.8 Å². The van der Waals surface area contributed by atoms with Gasteiger partial charge in [-0.15, -0.1) is 0 Å². The average Bonchev–Trinajstić information content (AvgIpc) is 2.90. The number of ketones is 1. The number of hydrogen-bond acceptors (Lipinski definition) is 3. The van der Waals surface area contributed by atoms with Crippen molar-refractivity contribution in [2.75, 3.05) is 0 Å². The topological polar surface area (TPSA) is 47.8 Å². The third-order valence-electron chi connectivity index (χ3n) is 2.89. The summed E-state index contributed by atoms with van der Waals surface area (Å²) in [4.78, 5) is 16.1. The van der Waals surface area contributed by atoms with Crippen LogP contribution in [0.2, 0.25) is 0 Å². The third kappa shape index (κ3) is 2.03. The second-order valence-electron chi connectivity index (χ2n) is 4.15. The van der Waals surface area contributed by atoms with E-state index < -0.39 is 0 Å². The van der Waals surface area contributed by atoms with Crippen LogP contribution >= 0.6 is 0 Å². The minimum Gasteiger partial charge on any atom is -0.294 e. The van der Waals surface area contributed by atoms with E-state index in [0.717, 1.165) is 24.1 Å². The second kappa shape index (κ2) is 4.46. The van der Waals surface area contributed by atoms with Crippen molar-refractivity contribution >= 4 is 5.78 Å². The van der Waals surface area contributed by atoms with Crippen molar-refractivity contribution in [3.05, 3.63) is 47.5 Å². The van der Waals surface area contributed by atoms with Gasteiger partial charge < -0.3 is 0 Å². The molecule has 88 valence electrons. The van der Waals surface area contributed by atoms with Crippen molar-refractivity contribution in [2.45, 2.75) is 19.3 Å². The third-order valence-corrected chi connectivity index (χ3v) is 2.89. The number of rotatable bonds is 0. The van der Waals surface area contributed by atoms with Gasteiger partial charge in [-0.25, -0.2) is 4.98 Å². The molecule has 0 saturated heterocycles. The van der Waals surface area contributed by atoms with E-state index >= 15 is 0 Å². The Morgan fingerprint density at radius 1 is 1.28 bits per heavy atom. The molecule has 0 atom stereocenters. The molecule has 4 nitrogen and oxygen atoms in total. The highest BCUT2D eigenvalue weighted by molar-refractivity contribution is 5.98. The van der Waals surface area contributed by atoms with Crippen LogP contribution in [0.3, 0.4) is 0 Å². The van der Waals surface area contributed by atoms with Crippen molar-refractivity contribution < 1.29 is 4.79 Å². The molecule has 1 aliphatic carbocycles. The standard InChI is InChI=1S/C14H11N3O/c18-14-4-1-3-13-12(14)6-5-11(16-13)7-10-17-9-2-8-15-17/h2,5-6,8-9H,1,3-4H2. The molecule has 0 aromatic carbocycles. The van der Waals surface area contributed by atoms with Crippen LogP contribution in [0, 0.1) is 12.0 Å². The normalized spacial score (nSPS) is 13.7. The van der Waals surface area contributed by atoms with E-state index in [1.807, 2.05) is 12.1 Å². The zero-order valence-electron chi connectivity index (χ0n) is 9.76. The Labute approximate surface area is 105 Å². The molecule has 0 aliphatic heterocycles. The zero-order valence-corrected chi connectivity index (χ0v) is 9.76. The predicted molar refractivity (Wildman–Crippen MR) is 66.0 cm³/mol. The van der Waals surface area contributed by atoms with Gasteiger partial charge in [0.1, 0.15) is 5.69 Å². The largest absolute Gasteiger partial charge is 0.294 e. The summed E-state index contributed by atoms with van der Waals surface area (Å²) in [5.41, 5.74) is 2.31. The predicted octanol–water partition coefficient (Wildman–Crippen LogP) is 1.65. The number of nitrogens with zero attached hydrogens (tertiary/aromatic N) is 3. The SMILES string of the molecule is O=C1CCCc2nc(C#Cn3cccn3)ccc21. The number of carbonyl (C=O) groups is 1. The second-order valence-corrected chi connectivity index (χ2v) is 4.15. The van der Waals surface area contributed by atoms with E-state index in [4.69, 9.17) is 0 Å². The van der Waals surface area contributed by atoms with E-state index in [-0.39, 0.29) is 5.78 Å². The highest BCUT2D eigenvalue weighted by Crippen LogP contribution is 2.19. The summed E-state index contributed by atoms with van der Waals surface area (Å²) in [6.07, 6.45) is 5.82. The van der Waals surface area contributed by atoms with E-state index in [2.05, 4.69) is 22.0 Å². The molecule has 4 heteroatoms. The molecule has 0 radical (unpaired) electrons. The van der Waals surface area contributed by atoms with Gasteiger partial charge in [0.05, 0.1) is 11.9 Å². The maximum atomic E-state index is 11.7. The lowest BCUT2D eigenvalue weighted by atomic mass is 9.95. The Morgan fingerprint density at radius 2 is 2.22 bits per heavy atom. The smallest absolute Gasteiger partial charge is 0.164 e. The van der Waals surface area contributed by atoms with Crippen molar-refractivity contribution in [1.29, 1.82) is 0 Å². The first-order valence-corrected chi connectivity index (χ1v) is 5.88. The number of aromatic nitrogens is 3. The summed E-state index contributed by atoms with van der Waals surface area (Å²) in [7, 11) is 0. The fourth-order valence-electron chi connectivity index (χ4n) is 2.02. The molecule has 0 fully saturated rings. The Morgan fingerprint density at radius 3 is 3.06 bits per heavy atom. The number of fused-ring (bicyclic) bond motifs is 1. The van der Waals surface area contributed by atoms with Crippen LogP contribution in [-0.4, -0.2) is 20.5 Å². The fourth-order valence-corrected chi connectivity index (χ4v) is 2.02. The Kier molecular flexibility index (Phi) is 2.66. The van der Waals surface area contributed by atoms with Crippen LogP contribution in [-0.2, 0) is 6.42 Å². The summed E-state index contributed by atoms with van der Waals surface area (Å²) in [6, 6.07) is 8.30. The monoisotopic (exact) mass is 237 g/mol. The highest BCUT2D eigenvalue weighted by atomic mass is 16.1. The summed E-state index contributed by atoms with van der Waals surface area (Å²) in [5.74, 6) is 3.13. The molecule has 0 amide bonds. The molecule has 2 aromatic rings. The average molecular weight is 237 g/mol. The first kappa shape index (κ1) is 10.7. The van der Waals surface area contributed by atoms with E-state index in [1.54, 1.807) is 18.5 Å². The van der Waals surface area contributed by atoms with Crippen LogP contribution in [0.5, 0.6) is 0 Å². The van der Waals surface area contributed by atoms with Gasteiger partial charge >= 0.3 is 0 Å². The van der Waals surface area contributed by atoms with Gasteiger partial charge in [-0.1, -0.05) is 0 Å². The lowest BCUT2D eigenvalue weighted by molar-refractivity contribution is 0.0971. The summed E-state index contributed by atoms with van der Waals surface area (Å²) >= 11 is 0. The maximum absolute atomic E-state index is 11.7. The van der Waals surface area contributed by atoms with E-state index in [9.17, 15) is 4.79 Å². The molecule has 1 aliphatic rings. The van der Waals surface area contributed by atoms with Crippen molar-refractivity contribution in [3.63, 3.8) is 0 Å². The molecule has 2 heterocycles. The Balaban J connectivity index is 1.93. The molecule has 0 unspecified atom stereocenters. The number of pyridine rings is 1. The Bertz CT molecular complexity index is 647. The lowest BCUT2D eigenvalue weighted by Crippen LogP contribution is -2.12. The Hall–Kier alpha value is -2.41. The first-order chi connectivity index (χ1) is 8.83. The molecule has 3 rings (SSSR count). The van der Waals surface area contributed by atoms with Crippen LogP contribution in [0.25, 0.3) is 0 Å². The van der Waals surface area contributed by atoms with Gasteiger partial charge in [0.2, 0.25) is 0 Å². The van der Waals surface area contributed by atoms with Crippen molar-refractivity contribution in [3.8, 4) is 12.0 Å². The molecule has 0 spiro atoms. The molecule has 0 bridgehead atoms. The summed E-state index contributed by atoms with van der Waals surface area (Å²) < 4.78 is 1.53. The minimum absolute atomic E-state index is 0.190. The van der Waals surface area contributed by atoms with Crippen molar-refractivity contribution in [2.24, 2.45) is 0 Å². The molecular weight excluding hydrogens is 226 g/mol. The summed E-state index contributed by atoms with van der Waals surface area (Å²) in [5, 5.41) is 3.99. The molecule has 0 N–H and O–H groups in total. The number of aryl methyl sites for hydroxylation is 1. The van der Waals surface area contributed by atoms with Gasteiger partial charge in [0.25, 0.3) is 0 Å². The number of Topliss-reactive ketones (excluding diaryl/α,β-unsaturated/α-hetero) is 1. The summed E-state index contributed by atoms with van der Waals surface area (Å²) in [6.45, 7) is 0. The van der Waals surface area contributed by atoms with Crippen LogP contribution in [0.4, 0.5) is 0 Å².